The third-order valence-corrected chi connectivity index (χ3v) is 6.00. The molecule has 0 radical (unpaired) electrons. The minimum absolute atomic E-state index is 0.0900. The summed E-state index contributed by atoms with van der Waals surface area (Å²) in [5.74, 6) is -0.109. The fourth-order valence-corrected chi connectivity index (χ4v) is 2.75. The molecule has 0 saturated carbocycles. The number of rotatable bonds is 17. The van der Waals surface area contributed by atoms with E-state index < -0.39 is 5.97 Å². The highest BCUT2D eigenvalue weighted by Crippen LogP contribution is 2.41. The van der Waals surface area contributed by atoms with Gasteiger partial charge in [0.1, 0.15) is 6.61 Å². The van der Waals surface area contributed by atoms with E-state index in [1.165, 1.54) is 0 Å². The predicted molar refractivity (Wildman–Crippen MR) is 120 cm³/mol. The van der Waals surface area contributed by atoms with Crippen LogP contribution >= 0.6 is 0 Å². The van der Waals surface area contributed by atoms with Crippen LogP contribution in [0.4, 0.5) is 0 Å². The summed E-state index contributed by atoms with van der Waals surface area (Å²) in [6.45, 7) is 21.8. The Balaban J connectivity index is 4.36. The average molecular weight is 434 g/mol. The molecule has 0 amide bonds. The molecule has 0 aromatic heterocycles. The van der Waals surface area contributed by atoms with Gasteiger partial charge in [0, 0.05) is 6.61 Å². The second-order valence-corrected chi connectivity index (χ2v) is 9.76. The molecule has 2 N–H and O–H groups in total. The number of ether oxygens (including phenoxy) is 5. The number of carbonyl (C=O) groups is 1. The van der Waals surface area contributed by atoms with Crippen molar-refractivity contribution in [2.45, 2.75) is 86.0 Å². The molecular weight excluding hydrogens is 386 g/mol. The Kier molecular flexibility index (Phi) is 13.3. The second-order valence-electron chi connectivity index (χ2n) is 9.76. The van der Waals surface area contributed by atoms with E-state index in [1.807, 2.05) is 27.7 Å². The van der Waals surface area contributed by atoms with Gasteiger partial charge in [0.2, 0.25) is 0 Å². The zero-order chi connectivity index (χ0) is 23.4. The molecule has 0 saturated heterocycles. The van der Waals surface area contributed by atoms with Gasteiger partial charge in [0.05, 0.1) is 50.3 Å². The van der Waals surface area contributed by atoms with Gasteiger partial charge in [-0.25, -0.2) is 0 Å². The highest BCUT2D eigenvalue weighted by Gasteiger charge is 2.42. The molecule has 0 bridgehead atoms. The van der Waals surface area contributed by atoms with Gasteiger partial charge in [-0.2, -0.15) is 0 Å². The molecule has 0 rings (SSSR count). The molecule has 7 heteroatoms. The van der Waals surface area contributed by atoms with Gasteiger partial charge >= 0.3 is 5.97 Å². The smallest absolute Gasteiger partial charge is 0.319 e. The van der Waals surface area contributed by atoms with Crippen molar-refractivity contribution in [2.75, 3.05) is 46.2 Å². The van der Waals surface area contributed by atoms with Crippen molar-refractivity contribution in [3.8, 4) is 0 Å². The van der Waals surface area contributed by atoms with Gasteiger partial charge in [0.15, 0.2) is 0 Å². The molecule has 7 nitrogen and oxygen atoms in total. The summed E-state index contributed by atoms with van der Waals surface area (Å²) in [7, 11) is 0. The molecule has 30 heavy (non-hydrogen) atoms. The Hall–Kier alpha value is -0.730. The number of carbonyl (C=O) groups excluding carboxylic acids is 1. The van der Waals surface area contributed by atoms with Gasteiger partial charge in [-0.15, -0.1) is 0 Å². The van der Waals surface area contributed by atoms with Crippen LogP contribution in [-0.4, -0.2) is 69.5 Å². The lowest BCUT2D eigenvalue weighted by Gasteiger charge is -2.46. The number of nitrogens with two attached hydrogens (primary N) is 1. The molecule has 0 heterocycles. The van der Waals surface area contributed by atoms with Gasteiger partial charge in [-0.3, -0.25) is 4.79 Å². The molecule has 0 fully saturated rings. The number of esters is 1. The fraction of sp³-hybridized carbons (Fsp3) is 0.957. The first-order valence-corrected chi connectivity index (χ1v) is 11.1. The molecule has 0 spiro atoms. The van der Waals surface area contributed by atoms with Gasteiger partial charge in [-0.05, 0) is 59.3 Å². The average Bonchev–Trinajstić information content (AvgIpc) is 2.63. The largest absolute Gasteiger partial charge is 0.462 e. The van der Waals surface area contributed by atoms with Crippen LogP contribution in [0.2, 0.25) is 0 Å². The van der Waals surface area contributed by atoms with Crippen LogP contribution in [0, 0.1) is 11.3 Å². The molecular formula is C23H47NO6. The van der Waals surface area contributed by atoms with E-state index >= 15 is 0 Å². The van der Waals surface area contributed by atoms with Crippen LogP contribution in [-0.2, 0) is 28.5 Å². The molecule has 0 aliphatic rings. The summed E-state index contributed by atoms with van der Waals surface area (Å²) in [5, 5.41) is 0. The van der Waals surface area contributed by atoms with Gasteiger partial charge < -0.3 is 29.4 Å². The first-order valence-electron chi connectivity index (χ1n) is 11.1. The van der Waals surface area contributed by atoms with Crippen LogP contribution in [0.1, 0.15) is 68.7 Å². The van der Waals surface area contributed by atoms with E-state index in [9.17, 15) is 4.79 Å². The van der Waals surface area contributed by atoms with Crippen LogP contribution in [0.15, 0.2) is 0 Å². The summed E-state index contributed by atoms with van der Waals surface area (Å²) in [4.78, 5) is 11.1. The van der Waals surface area contributed by atoms with Crippen molar-refractivity contribution in [1.82, 2.24) is 0 Å². The Bertz CT molecular complexity index is 476. The molecule has 1 unspecified atom stereocenters. The summed E-state index contributed by atoms with van der Waals surface area (Å²) >= 11 is 0. The standard InChI is InChI=1S/C23H47NO6/c1-18(2)27-13-12-26-17-19(3)22(6,7)23(8,9)30-11-10-21(4,5)29-15-14-28-20(25)16-24/h18-19H,10-17,24H2,1-9H3. The molecule has 0 aromatic carbocycles. The summed E-state index contributed by atoms with van der Waals surface area (Å²) in [5.41, 5.74) is 4.41. The van der Waals surface area contributed by atoms with Crippen molar-refractivity contribution in [3.05, 3.63) is 0 Å². The Morgan fingerprint density at radius 1 is 0.867 bits per heavy atom. The summed E-state index contributed by atoms with van der Waals surface area (Å²) in [6, 6.07) is 0. The molecule has 0 aliphatic carbocycles. The summed E-state index contributed by atoms with van der Waals surface area (Å²) < 4.78 is 28.4. The third-order valence-electron chi connectivity index (χ3n) is 6.00. The predicted octanol–water partition coefficient (Wildman–Crippen LogP) is 3.57. The minimum Gasteiger partial charge on any atom is -0.462 e. The summed E-state index contributed by atoms with van der Waals surface area (Å²) in [6.07, 6.45) is 0.957. The topological polar surface area (TPSA) is 89.2 Å². The van der Waals surface area contributed by atoms with E-state index in [0.717, 1.165) is 6.42 Å². The maximum atomic E-state index is 11.1. The SMILES string of the molecule is CC(C)OCCOCC(C)C(C)(C)C(C)(C)OCCC(C)(C)OCCOC(=O)CN. The van der Waals surface area contributed by atoms with Gasteiger partial charge in [-0.1, -0.05) is 20.8 Å². The zero-order valence-electron chi connectivity index (χ0n) is 20.8. The van der Waals surface area contributed by atoms with E-state index in [4.69, 9.17) is 29.4 Å². The quantitative estimate of drug-likeness (QED) is 0.277. The molecule has 0 aliphatic heterocycles. The number of hydrogen-bond donors (Lipinski definition) is 1. The highest BCUT2D eigenvalue weighted by molar-refractivity contribution is 5.71. The van der Waals surface area contributed by atoms with E-state index in [0.29, 0.717) is 39.0 Å². The van der Waals surface area contributed by atoms with Crippen molar-refractivity contribution in [1.29, 1.82) is 0 Å². The lowest BCUT2D eigenvalue weighted by atomic mass is 9.68. The first-order chi connectivity index (χ1) is 13.7. The van der Waals surface area contributed by atoms with Crippen molar-refractivity contribution in [2.24, 2.45) is 17.1 Å². The van der Waals surface area contributed by atoms with Crippen LogP contribution in [0.3, 0.4) is 0 Å². The van der Waals surface area contributed by atoms with Crippen LogP contribution < -0.4 is 5.73 Å². The lowest BCUT2D eigenvalue weighted by molar-refractivity contribution is -0.150. The van der Waals surface area contributed by atoms with E-state index in [1.54, 1.807) is 0 Å². The second kappa shape index (κ2) is 13.6. The van der Waals surface area contributed by atoms with E-state index in [-0.39, 0.29) is 35.9 Å². The van der Waals surface area contributed by atoms with Crippen LogP contribution in [0.25, 0.3) is 0 Å². The fourth-order valence-electron chi connectivity index (χ4n) is 2.75. The molecule has 180 valence electrons. The Morgan fingerprint density at radius 2 is 1.50 bits per heavy atom. The highest BCUT2D eigenvalue weighted by atomic mass is 16.6. The van der Waals surface area contributed by atoms with Gasteiger partial charge in [0.25, 0.3) is 0 Å². The Morgan fingerprint density at radius 3 is 2.07 bits per heavy atom. The monoisotopic (exact) mass is 433 g/mol. The number of hydrogen-bond acceptors (Lipinski definition) is 7. The Labute approximate surface area is 184 Å². The first kappa shape index (κ1) is 29.3. The maximum absolute atomic E-state index is 11.1. The van der Waals surface area contributed by atoms with Crippen molar-refractivity contribution < 1.29 is 28.5 Å². The van der Waals surface area contributed by atoms with E-state index in [2.05, 4.69) is 34.6 Å². The van der Waals surface area contributed by atoms with Crippen molar-refractivity contribution >= 4 is 5.97 Å². The van der Waals surface area contributed by atoms with Crippen LogP contribution in [0.5, 0.6) is 0 Å². The molecule has 1 atom stereocenters. The lowest BCUT2D eigenvalue weighted by Crippen LogP contribution is -2.47. The zero-order valence-corrected chi connectivity index (χ0v) is 20.8. The minimum atomic E-state index is -0.422. The maximum Gasteiger partial charge on any atom is 0.319 e. The normalized spacial score (nSPS) is 14.2. The third kappa shape index (κ3) is 11.6. The molecule has 0 aromatic rings. The van der Waals surface area contributed by atoms with Crippen molar-refractivity contribution in [3.63, 3.8) is 0 Å².